The summed E-state index contributed by atoms with van der Waals surface area (Å²) in [5.41, 5.74) is 23.2. The lowest BCUT2D eigenvalue weighted by Gasteiger charge is -2.10. The normalized spacial score (nSPS) is 11.7. The van der Waals surface area contributed by atoms with Crippen LogP contribution in [0.1, 0.15) is 0 Å². The third-order valence-corrected chi connectivity index (χ3v) is 16.3. The number of para-hydroxylation sites is 5. The molecule has 0 saturated carbocycles. The standard InChI is InChI=1S/C41H27N3.C35H23N3/c1-3-11-28(12-4-1)29-20-23-32(24-21-29)44-37-25-22-30(27-35(37)41-39(44)19-10-26-42-41)33-16-9-18-38-40(33)34-15-7-8-17-36(34)43(38)31-13-5-2-6-14-31;1-3-11-25(12-4-1)37-30-17-8-7-15-28(30)34-27(16-9-18-32(34)37)24-20-21-31-29(23-24)35-33(19-10-22-36-35)38(31)26-13-5-2-6-14-26/h1-27H;1-23H. The van der Waals surface area contributed by atoms with Crippen molar-refractivity contribution in [2.24, 2.45) is 0 Å². The molecule has 0 N–H and O–H groups in total. The van der Waals surface area contributed by atoms with Crippen LogP contribution in [0.3, 0.4) is 0 Å². The summed E-state index contributed by atoms with van der Waals surface area (Å²) in [4.78, 5) is 9.71. The third kappa shape index (κ3) is 7.57. The van der Waals surface area contributed by atoms with Gasteiger partial charge in [0.05, 0.1) is 55.2 Å². The minimum Gasteiger partial charge on any atom is -0.309 e. The molecule has 6 aromatic heterocycles. The average Bonchev–Trinajstić information content (AvgIpc) is 4.49. The first kappa shape index (κ1) is 47.0. The van der Waals surface area contributed by atoms with Gasteiger partial charge in [0.25, 0.3) is 0 Å². The van der Waals surface area contributed by atoms with Crippen LogP contribution in [0.15, 0.2) is 304 Å². The van der Waals surface area contributed by atoms with Gasteiger partial charge in [-0.15, -0.1) is 0 Å². The molecule has 0 aliphatic rings. The zero-order valence-electron chi connectivity index (χ0n) is 44.6. The monoisotopic (exact) mass is 1050 g/mol. The summed E-state index contributed by atoms with van der Waals surface area (Å²) in [6, 6.07) is 104. The molecule has 0 amide bonds. The Balaban J connectivity index is 0.000000136. The highest BCUT2D eigenvalue weighted by Crippen LogP contribution is 2.43. The molecule has 6 nitrogen and oxygen atoms in total. The van der Waals surface area contributed by atoms with Crippen molar-refractivity contribution in [2.75, 3.05) is 0 Å². The molecule has 0 saturated heterocycles. The van der Waals surface area contributed by atoms with E-state index in [1.165, 1.54) is 82.7 Å². The van der Waals surface area contributed by atoms with Gasteiger partial charge < -0.3 is 18.3 Å². The minimum absolute atomic E-state index is 1.01. The van der Waals surface area contributed by atoms with E-state index in [9.17, 15) is 0 Å². The molecule has 6 heterocycles. The van der Waals surface area contributed by atoms with Gasteiger partial charge in [0.1, 0.15) is 0 Å². The first-order chi connectivity index (χ1) is 40.7. The average molecular weight is 1050 g/mol. The molecular formula is C76H50N6. The van der Waals surface area contributed by atoms with Crippen molar-refractivity contribution in [3.63, 3.8) is 0 Å². The molecule has 0 bridgehead atoms. The molecule has 384 valence electrons. The summed E-state index contributed by atoms with van der Waals surface area (Å²) in [6.45, 7) is 0. The number of nitrogens with zero attached hydrogens (tertiary/aromatic N) is 6. The van der Waals surface area contributed by atoms with E-state index in [4.69, 9.17) is 9.97 Å². The predicted molar refractivity (Wildman–Crippen MR) is 342 cm³/mol. The van der Waals surface area contributed by atoms with Crippen LogP contribution in [0.4, 0.5) is 0 Å². The first-order valence-electron chi connectivity index (χ1n) is 27.9. The number of fused-ring (bicyclic) bond motifs is 12. The van der Waals surface area contributed by atoms with Crippen LogP contribution in [0.5, 0.6) is 0 Å². The third-order valence-electron chi connectivity index (χ3n) is 16.3. The number of benzene rings is 11. The summed E-state index contributed by atoms with van der Waals surface area (Å²) < 4.78 is 9.39. The second-order valence-electron chi connectivity index (χ2n) is 20.9. The zero-order valence-corrected chi connectivity index (χ0v) is 44.6. The Hall–Kier alpha value is -11.1. The van der Waals surface area contributed by atoms with Crippen LogP contribution in [-0.2, 0) is 0 Å². The number of hydrogen-bond acceptors (Lipinski definition) is 2. The number of hydrogen-bond donors (Lipinski definition) is 0. The molecule has 11 aromatic carbocycles. The summed E-state index contributed by atoms with van der Waals surface area (Å²) in [5, 5.41) is 7.35. The Kier molecular flexibility index (Phi) is 11.1. The molecule has 17 rings (SSSR count). The molecule has 0 aliphatic carbocycles. The summed E-state index contributed by atoms with van der Waals surface area (Å²) >= 11 is 0. The van der Waals surface area contributed by atoms with E-state index in [2.05, 4.69) is 297 Å². The fourth-order valence-electron chi connectivity index (χ4n) is 12.8. The van der Waals surface area contributed by atoms with Gasteiger partial charge in [-0.2, -0.15) is 0 Å². The molecule has 0 spiro atoms. The van der Waals surface area contributed by atoms with Crippen LogP contribution < -0.4 is 0 Å². The van der Waals surface area contributed by atoms with Crippen molar-refractivity contribution in [2.45, 2.75) is 0 Å². The molecule has 0 aliphatic heterocycles. The van der Waals surface area contributed by atoms with Crippen LogP contribution >= 0.6 is 0 Å². The van der Waals surface area contributed by atoms with E-state index in [0.29, 0.717) is 0 Å². The van der Waals surface area contributed by atoms with Gasteiger partial charge in [0.15, 0.2) is 0 Å². The lowest BCUT2D eigenvalue weighted by atomic mass is 9.98. The highest BCUT2D eigenvalue weighted by atomic mass is 15.0. The van der Waals surface area contributed by atoms with Gasteiger partial charge in [0, 0.05) is 67.5 Å². The van der Waals surface area contributed by atoms with E-state index in [1.54, 1.807) is 0 Å². The van der Waals surface area contributed by atoms with Crippen molar-refractivity contribution in [3.8, 4) is 56.1 Å². The fraction of sp³-hybridized carbons (Fsp3) is 0. The molecule has 0 fully saturated rings. The summed E-state index contributed by atoms with van der Waals surface area (Å²) in [6.07, 6.45) is 3.78. The predicted octanol–water partition coefficient (Wildman–Crippen LogP) is 19.6. The molecule has 6 heteroatoms. The molecule has 0 radical (unpaired) electrons. The lowest BCUT2D eigenvalue weighted by molar-refractivity contribution is 1.18. The van der Waals surface area contributed by atoms with Crippen molar-refractivity contribution in [3.05, 3.63) is 304 Å². The Labute approximate surface area is 472 Å². The summed E-state index contributed by atoms with van der Waals surface area (Å²) in [5.74, 6) is 0. The van der Waals surface area contributed by atoms with Crippen LogP contribution in [-0.4, -0.2) is 28.2 Å². The number of rotatable bonds is 7. The molecule has 0 unspecified atom stereocenters. The van der Waals surface area contributed by atoms with E-state index in [0.717, 1.165) is 60.9 Å². The largest absolute Gasteiger partial charge is 0.309 e. The zero-order chi connectivity index (χ0) is 54.1. The second kappa shape index (κ2) is 19.4. The topological polar surface area (TPSA) is 45.5 Å². The maximum absolute atomic E-state index is 4.89. The van der Waals surface area contributed by atoms with E-state index < -0.39 is 0 Å². The van der Waals surface area contributed by atoms with Crippen LogP contribution in [0.25, 0.3) is 144 Å². The Morgan fingerprint density at radius 2 is 0.537 bits per heavy atom. The molecule has 0 atom stereocenters. The molecule has 82 heavy (non-hydrogen) atoms. The van der Waals surface area contributed by atoms with Gasteiger partial charge in [-0.05, 0) is 155 Å². The fourth-order valence-corrected chi connectivity index (χ4v) is 12.8. The molecule has 17 aromatic rings. The smallest absolute Gasteiger partial charge is 0.0963 e. The Morgan fingerprint density at radius 3 is 0.988 bits per heavy atom. The quantitative estimate of drug-likeness (QED) is 0.160. The van der Waals surface area contributed by atoms with Crippen LogP contribution in [0, 0.1) is 0 Å². The maximum Gasteiger partial charge on any atom is 0.0963 e. The highest BCUT2D eigenvalue weighted by Gasteiger charge is 2.21. The van der Waals surface area contributed by atoms with E-state index in [-0.39, 0.29) is 0 Å². The highest BCUT2D eigenvalue weighted by molar-refractivity contribution is 6.19. The number of pyridine rings is 2. The van der Waals surface area contributed by atoms with Crippen molar-refractivity contribution in [1.29, 1.82) is 0 Å². The van der Waals surface area contributed by atoms with Crippen molar-refractivity contribution < 1.29 is 0 Å². The minimum atomic E-state index is 1.01. The number of aromatic nitrogens is 6. The van der Waals surface area contributed by atoms with E-state index >= 15 is 0 Å². The van der Waals surface area contributed by atoms with Gasteiger partial charge >= 0.3 is 0 Å². The van der Waals surface area contributed by atoms with Crippen molar-refractivity contribution >= 4 is 87.5 Å². The van der Waals surface area contributed by atoms with Gasteiger partial charge in [-0.25, -0.2) is 0 Å². The first-order valence-corrected chi connectivity index (χ1v) is 27.9. The summed E-state index contributed by atoms with van der Waals surface area (Å²) in [7, 11) is 0. The lowest BCUT2D eigenvalue weighted by Crippen LogP contribution is -1.94. The van der Waals surface area contributed by atoms with E-state index in [1.807, 2.05) is 24.5 Å². The van der Waals surface area contributed by atoms with Gasteiger partial charge in [-0.3, -0.25) is 9.97 Å². The SMILES string of the molecule is c1ccc(-c2ccc(-n3c4ccc(-c5cccc6c5c5ccccc5n6-c5ccccc5)cc4c4ncccc43)cc2)cc1.c1ccc(-n2c3ccc(-c4cccc5c4c4ccccc4n5-c4ccccc4)cc3c3ncccc32)cc1. The maximum atomic E-state index is 4.89. The van der Waals surface area contributed by atoms with Crippen LogP contribution in [0.2, 0.25) is 0 Å². The van der Waals surface area contributed by atoms with Gasteiger partial charge in [-0.1, -0.05) is 170 Å². The Bertz CT molecular complexity index is 5250. The molecular weight excluding hydrogens is 997 g/mol. The van der Waals surface area contributed by atoms with Gasteiger partial charge in [0.2, 0.25) is 0 Å². The second-order valence-corrected chi connectivity index (χ2v) is 20.9. The Morgan fingerprint density at radius 1 is 0.207 bits per heavy atom. The van der Waals surface area contributed by atoms with Crippen molar-refractivity contribution in [1.82, 2.24) is 28.2 Å².